The van der Waals surface area contributed by atoms with Crippen LogP contribution in [-0.2, 0) is 0 Å². The predicted molar refractivity (Wildman–Crippen MR) is 145 cm³/mol. The van der Waals surface area contributed by atoms with Gasteiger partial charge in [-0.3, -0.25) is 0 Å². The molecule has 6 rings (SSSR count). The molecule has 2 aromatic heterocycles. The van der Waals surface area contributed by atoms with E-state index in [-0.39, 0.29) is 0 Å². The van der Waals surface area contributed by atoms with Gasteiger partial charge >= 0.3 is 0 Å². The molecule has 4 nitrogen and oxygen atoms in total. The molecule has 36 heavy (non-hydrogen) atoms. The molecule has 0 aliphatic rings. The van der Waals surface area contributed by atoms with Crippen LogP contribution in [0.2, 0.25) is 0 Å². The van der Waals surface area contributed by atoms with E-state index < -0.39 is 0 Å². The zero-order valence-corrected chi connectivity index (χ0v) is 19.5. The van der Waals surface area contributed by atoms with E-state index >= 15 is 0 Å². The molecule has 0 fully saturated rings. The minimum absolute atomic E-state index is 0.591. The molecule has 0 N–H and O–H groups in total. The normalized spacial score (nSPS) is 10.8. The first-order chi connectivity index (χ1) is 17.8. The van der Waals surface area contributed by atoms with Crippen molar-refractivity contribution in [2.24, 2.45) is 0 Å². The molecular formula is C32H22N4. The molecular weight excluding hydrogens is 440 g/mol. The van der Waals surface area contributed by atoms with Crippen LogP contribution in [0.4, 0.5) is 0 Å². The lowest BCUT2D eigenvalue weighted by atomic mass is 10.0. The molecule has 0 saturated carbocycles. The number of pyridine rings is 1. The van der Waals surface area contributed by atoms with Crippen molar-refractivity contribution >= 4 is 0 Å². The van der Waals surface area contributed by atoms with Gasteiger partial charge in [0.25, 0.3) is 0 Å². The SMILES string of the molecule is c1ccc(-c2ccc(-c3nc(-c4ccccc4)nc(-c4ccccc4)n3)c(-c3ccccc3)n2)cc1. The van der Waals surface area contributed by atoms with Crippen LogP contribution >= 0.6 is 0 Å². The lowest BCUT2D eigenvalue weighted by Gasteiger charge is -2.13. The lowest BCUT2D eigenvalue weighted by molar-refractivity contribution is 1.07. The second kappa shape index (κ2) is 9.72. The zero-order chi connectivity index (χ0) is 24.2. The fraction of sp³-hybridized carbons (Fsp3) is 0. The van der Waals surface area contributed by atoms with E-state index in [2.05, 4.69) is 30.3 Å². The Bertz CT molecular complexity index is 1540. The van der Waals surface area contributed by atoms with Gasteiger partial charge in [-0.2, -0.15) is 0 Å². The molecule has 0 aliphatic heterocycles. The largest absolute Gasteiger partial charge is 0.247 e. The number of aromatic nitrogens is 4. The first kappa shape index (κ1) is 21.6. The topological polar surface area (TPSA) is 51.6 Å². The fourth-order valence-electron chi connectivity index (χ4n) is 4.15. The second-order valence-electron chi connectivity index (χ2n) is 8.36. The van der Waals surface area contributed by atoms with Crippen LogP contribution in [0.1, 0.15) is 0 Å². The second-order valence-corrected chi connectivity index (χ2v) is 8.36. The average molecular weight is 463 g/mol. The lowest BCUT2D eigenvalue weighted by Crippen LogP contribution is -2.02. The predicted octanol–water partition coefficient (Wildman–Crippen LogP) is 7.60. The van der Waals surface area contributed by atoms with Crippen molar-refractivity contribution < 1.29 is 0 Å². The van der Waals surface area contributed by atoms with Crippen molar-refractivity contribution in [3.05, 3.63) is 133 Å². The summed E-state index contributed by atoms with van der Waals surface area (Å²) in [6.45, 7) is 0. The van der Waals surface area contributed by atoms with E-state index in [1.807, 2.05) is 103 Å². The number of hydrogen-bond acceptors (Lipinski definition) is 4. The van der Waals surface area contributed by atoms with Crippen LogP contribution < -0.4 is 0 Å². The minimum Gasteiger partial charge on any atom is -0.247 e. The van der Waals surface area contributed by atoms with Crippen LogP contribution in [0.3, 0.4) is 0 Å². The van der Waals surface area contributed by atoms with Gasteiger partial charge < -0.3 is 0 Å². The smallest absolute Gasteiger partial charge is 0.166 e. The molecule has 0 bridgehead atoms. The Labute approximate surface area is 210 Å². The highest BCUT2D eigenvalue weighted by Crippen LogP contribution is 2.33. The fourth-order valence-corrected chi connectivity index (χ4v) is 4.15. The molecule has 4 aromatic carbocycles. The maximum Gasteiger partial charge on any atom is 0.166 e. The van der Waals surface area contributed by atoms with Crippen molar-refractivity contribution in [2.45, 2.75) is 0 Å². The van der Waals surface area contributed by atoms with E-state index in [9.17, 15) is 0 Å². The van der Waals surface area contributed by atoms with Gasteiger partial charge in [0.05, 0.1) is 11.4 Å². The van der Waals surface area contributed by atoms with Crippen LogP contribution in [0.25, 0.3) is 56.7 Å². The minimum atomic E-state index is 0.591. The Morgan fingerprint density at radius 2 is 0.722 bits per heavy atom. The Morgan fingerprint density at radius 1 is 0.306 bits per heavy atom. The Morgan fingerprint density at radius 3 is 1.22 bits per heavy atom. The molecule has 170 valence electrons. The third-order valence-corrected chi connectivity index (χ3v) is 5.95. The first-order valence-corrected chi connectivity index (χ1v) is 11.8. The van der Waals surface area contributed by atoms with Gasteiger partial charge in [0.1, 0.15) is 0 Å². The molecule has 4 heteroatoms. The molecule has 0 unspecified atom stereocenters. The summed E-state index contributed by atoms with van der Waals surface area (Å²) in [7, 11) is 0. The van der Waals surface area contributed by atoms with Crippen LogP contribution in [-0.4, -0.2) is 19.9 Å². The maximum atomic E-state index is 5.09. The first-order valence-electron chi connectivity index (χ1n) is 11.8. The van der Waals surface area contributed by atoms with Gasteiger partial charge in [-0.15, -0.1) is 0 Å². The van der Waals surface area contributed by atoms with Gasteiger partial charge in [0.15, 0.2) is 17.5 Å². The van der Waals surface area contributed by atoms with Gasteiger partial charge in [-0.25, -0.2) is 19.9 Å². The monoisotopic (exact) mass is 462 g/mol. The molecule has 2 heterocycles. The summed E-state index contributed by atoms with van der Waals surface area (Å²) < 4.78 is 0. The summed E-state index contributed by atoms with van der Waals surface area (Å²) in [6.07, 6.45) is 0. The standard InChI is InChI=1S/C32H22N4/c1-5-13-23(14-6-1)28-22-21-27(29(33-28)24-15-7-2-8-16-24)32-35-30(25-17-9-3-10-18-25)34-31(36-32)26-19-11-4-12-20-26/h1-22H. The van der Waals surface area contributed by atoms with Crippen LogP contribution in [0.5, 0.6) is 0 Å². The summed E-state index contributed by atoms with van der Waals surface area (Å²) in [5.41, 5.74) is 6.54. The van der Waals surface area contributed by atoms with Crippen LogP contribution in [0.15, 0.2) is 133 Å². The molecule has 0 radical (unpaired) electrons. The Balaban J connectivity index is 1.58. The summed E-state index contributed by atoms with van der Waals surface area (Å²) in [5, 5.41) is 0. The molecule has 0 aliphatic carbocycles. The average Bonchev–Trinajstić information content (AvgIpc) is 2.98. The Hall–Kier alpha value is -4.96. The van der Waals surface area contributed by atoms with Crippen molar-refractivity contribution in [3.63, 3.8) is 0 Å². The van der Waals surface area contributed by atoms with E-state index in [0.717, 1.165) is 39.2 Å². The Kier molecular flexibility index (Phi) is 5.83. The van der Waals surface area contributed by atoms with Gasteiger partial charge in [-0.1, -0.05) is 121 Å². The molecule has 0 amide bonds. The summed E-state index contributed by atoms with van der Waals surface area (Å²) in [4.78, 5) is 19.8. The number of rotatable bonds is 5. The van der Waals surface area contributed by atoms with E-state index in [4.69, 9.17) is 19.9 Å². The van der Waals surface area contributed by atoms with Crippen molar-refractivity contribution in [2.75, 3.05) is 0 Å². The molecule has 0 spiro atoms. The zero-order valence-electron chi connectivity index (χ0n) is 19.5. The van der Waals surface area contributed by atoms with Gasteiger partial charge in [-0.05, 0) is 12.1 Å². The number of hydrogen-bond donors (Lipinski definition) is 0. The third-order valence-electron chi connectivity index (χ3n) is 5.95. The van der Waals surface area contributed by atoms with E-state index in [1.54, 1.807) is 0 Å². The third kappa shape index (κ3) is 4.40. The van der Waals surface area contributed by atoms with Crippen molar-refractivity contribution in [1.29, 1.82) is 0 Å². The molecule has 0 saturated heterocycles. The van der Waals surface area contributed by atoms with E-state index in [0.29, 0.717) is 17.5 Å². The number of benzene rings is 4. The highest BCUT2D eigenvalue weighted by Gasteiger charge is 2.17. The highest BCUT2D eigenvalue weighted by atomic mass is 15.0. The number of nitrogens with zero attached hydrogens (tertiary/aromatic N) is 4. The highest BCUT2D eigenvalue weighted by molar-refractivity contribution is 5.81. The van der Waals surface area contributed by atoms with Gasteiger partial charge in [0.2, 0.25) is 0 Å². The maximum absolute atomic E-state index is 5.09. The van der Waals surface area contributed by atoms with Gasteiger partial charge in [0, 0.05) is 27.8 Å². The summed E-state index contributed by atoms with van der Waals surface area (Å²) >= 11 is 0. The summed E-state index contributed by atoms with van der Waals surface area (Å²) in [6, 6.07) is 44.5. The summed E-state index contributed by atoms with van der Waals surface area (Å²) in [5.74, 6) is 1.85. The van der Waals surface area contributed by atoms with Crippen molar-refractivity contribution in [3.8, 4) is 56.7 Å². The van der Waals surface area contributed by atoms with E-state index in [1.165, 1.54) is 0 Å². The van der Waals surface area contributed by atoms with Crippen LogP contribution in [0, 0.1) is 0 Å². The van der Waals surface area contributed by atoms with Crippen molar-refractivity contribution in [1.82, 2.24) is 19.9 Å². The molecule has 0 atom stereocenters. The molecule has 6 aromatic rings. The quantitative estimate of drug-likeness (QED) is 0.265.